The standard InChI is InChI=1S/C14H22O2/c1-8(2)10-4-5-11-7-13(15)14(16)9(3)12(11)6-10/h7,9-10,12-16H,1,4-6H2,2-3H3/t9-,10+,12?,13+,14+/m0/s1. The Labute approximate surface area is 97.7 Å². The Morgan fingerprint density at radius 3 is 2.75 bits per heavy atom. The highest BCUT2D eigenvalue weighted by Crippen LogP contribution is 2.44. The van der Waals surface area contributed by atoms with Crippen molar-refractivity contribution in [2.75, 3.05) is 0 Å². The van der Waals surface area contributed by atoms with Gasteiger partial charge < -0.3 is 10.2 Å². The maximum absolute atomic E-state index is 9.89. The van der Waals surface area contributed by atoms with E-state index >= 15 is 0 Å². The molecule has 0 heterocycles. The van der Waals surface area contributed by atoms with Gasteiger partial charge in [0.25, 0.3) is 0 Å². The number of aliphatic hydroxyl groups excluding tert-OH is 2. The first-order valence-electron chi connectivity index (χ1n) is 6.22. The molecule has 0 spiro atoms. The summed E-state index contributed by atoms with van der Waals surface area (Å²) in [4.78, 5) is 0. The molecule has 2 aliphatic carbocycles. The van der Waals surface area contributed by atoms with Gasteiger partial charge in [-0.05, 0) is 43.9 Å². The molecule has 2 rings (SSSR count). The van der Waals surface area contributed by atoms with E-state index in [0.717, 1.165) is 19.3 Å². The van der Waals surface area contributed by atoms with Crippen LogP contribution in [0.3, 0.4) is 0 Å². The van der Waals surface area contributed by atoms with Crippen LogP contribution in [0.4, 0.5) is 0 Å². The van der Waals surface area contributed by atoms with Crippen molar-refractivity contribution in [2.24, 2.45) is 17.8 Å². The number of aliphatic hydroxyl groups is 2. The van der Waals surface area contributed by atoms with Crippen molar-refractivity contribution in [1.29, 1.82) is 0 Å². The van der Waals surface area contributed by atoms with Gasteiger partial charge in [0.1, 0.15) is 0 Å². The third kappa shape index (κ3) is 1.96. The van der Waals surface area contributed by atoms with Crippen molar-refractivity contribution in [2.45, 2.75) is 45.3 Å². The molecule has 0 aromatic heterocycles. The maximum Gasteiger partial charge on any atom is 0.0985 e. The third-order valence-electron chi connectivity index (χ3n) is 4.40. The van der Waals surface area contributed by atoms with Crippen LogP contribution < -0.4 is 0 Å². The Morgan fingerprint density at radius 2 is 2.12 bits per heavy atom. The molecule has 0 aliphatic heterocycles. The lowest BCUT2D eigenvalue weighted by molar-refractivity contribution is -0.0171. The Bertz CT molecular complexity index is 319. The van der Waals surface area contributed by atoms with E-state index in [4.69, 9.17) is 0 Å². The minimum Gasteiger partial charge on any atom is -0.390 e. The molecular formula is C14H22O2. The molecule has 1 fully saturated rings. The van der Waals surface area contributed by atoms with E-state index in [1.165, 1.54) is 11.1 Å². The highest BCUT2D eigenvalue weighted by Gasteiger charge is 2.38. The van der Waals surface area contributed by atoms with E-state index in [0.29, 0.717) is 11.8 Å². The molecule has 2 aliphatic rings. The predicted molar refractivity (Wildman–Crippen MR) is 64.9 cm³/mol. The first kappa shape index (κ1) is 11.9. The van der Waals surface area contributed by atoms with Crippen LogP contribution >= 0.6 is 0 Å². The van der Waals surface area contributed by atoms with E-state index in [-0.39, 0.29) is 5.92 Å². The molecule has 0 amide bonds. The first-order chi connectivity index (χ1) is 7.50. The summed E-state index contributed by atoms with van der Waals surface area (Å²) in [5.41, 5.74) is 2.61. The van der Waals surface area contributed by atoms with Crippen LogP contribution in [-0.2, 0) is 0 Å². The molecule has 0 aromatic carbocycles. The van der Waals surface area contributed by atoms with E-state index in [1.807, 2.05) is 13.0 Å². The maximum atomic E-state index is 9.89. The van der Waals surface area contributed by atoms with Gasteiger partial charge in [-0.3, -0.25) is 0 Å². The number of fused-ring (bicyclic) bond motifs is 1. The van der Waals surface area contributed by atoms with Gasteiger partial charge in [-0.15, -0.1) is 0 Å². The third-order valence-corrected chi connectivity index (χ3v) is 4.40. The largest absolute Gasteiger partial charge is 0.390 e. The minimum absolute atomic E-state index is 0.164. The fraction of sp³-hybridized carbons (Fsp3) is 0.714. The topological polar surface area (TPSA) is 40.5 Å². The normalized spacial score (nSPS) is 43.5. The van der Waals surface area contributed by atoms with Crippen LogP contribution in [0, 0.1) is 17.8 Å². The molecule has 90 valence electrons. The van der Waals surface area contributed by atoms with Gasteiger partial charge in [0.15, 0.2) is 0 Å². The molecule has 0 saturated heterocycles. The summed E-state index contributed by atoms with van der Waals surface area (Å²) < 4.78 is 0. The molecule has 5 atom stereocenters. The molecule has 2 nitrogen and oxygen atoms in total. The van der Waals surface area contributed by atoms with E-state index in [2.05, 4.69) is 13.5 Å². The quantitative estimate of drug-likeness (QED) is 0.668. The molecule has 1 saturated carbocycles. The van der Waals surface area contributed by atoms with Gasteiger partial charge in [-0.25, -0.2) is 0 Å². The average molecular weight is 222 g/mol. The van der Waals surface area contributed by atoms with Crippen molar-refractivity contribution < 1.29 is 10.2 Å². The van der Waals surface area contributed by atoms with Gasteiger partial charge in [0, 0.05) is 0 Å². The van der Waals surface area contributed by atoms with Crippen LogP contribution in [0.2, 0.25) is 0 Å². The lowest BCUT2D eigenvalue weighted by Gasteiger charge is -2.42. The molecule has 0 aromatic rings. The summed E-state index contributed by atoms with van der Waals surface area (Å²) in [5, 5.41) is 19.6. The number of hydrogen-bond acceptors (Lipinski definition) is 2. The first-order valence-corrected chi connectivity index (χ1v) is 6.22. The molecule has 0 radical (unpaired) electrons. The molecular weight excluding hydrogens is 200 g/mol. The lowest BCUT2D eigenvalue weighted by Crippen LogP contribution is -2.42. The summed E-state index contributed by atoms with van der Waals surface area (Å²) in [6.07, 6.45) is 3.90. The Morgan fingerprint density at radius 1 is 1.44 bits per heavy atom. The van der Waals surface area contributed by atoms with E-state index in [1.54, 1.807) is 0 Å². The predicted octanol–water partition coefficient (Wildman–Crippen LogP) is 2.28. The smallest absolute Gasteiger partial charge is 0.0985 e. The summed E-state index contributed by atoms with van der Waals surface area (Å²) in [5.74, 6) is 1.19. The zero-order valence-electron chi connectivity index (χ0n) is 10.2. The summed E-state index contributed by atoms with van der Waals surface area (Å²) in [7, 11) is 0. The number of rotatable bonds is 1. The molecule has 2 N–H and O–H groups in total. The van der Waals surface area contributed by atoms with Crippen molar-refractivity contribution in [3.05, 3.63) is 23.8 Å². The Kier molecular flexibility index (Phi) is 3.22. The van der Waals surface area contributed by atoms with Crippen molar-refractivity contribution in [3.63, 3.8) is 0 Å². The highest BCUT2D eigenvalue weighted by molar-refractivity contribution is 5.21. The van der Waals surface area contributed by atoms with Crippen LogP contribution in [0.15, 0.2) is 23.8 Å². The summed E-state index contributed by atoms with van der Waals surface area (Å²) >= 11 is 0. The summed E-state index contributed by atoms with van der Waals surface area (Å²) in [6, 6.07) is 0. The van der Waals surface area contributed by atoms with E-state index in [9.17, 15) is 10.2 Å². The van der Waals surface area contributed by atoms with Crippen LogP contribution in [0.5, 0.6) is 0 Å². The second-order valence-corrected chi connectivity index (χ2v) is 5.51. The summed E-state index contributed by atoms with van der Waals surface area (Å²) in [6.45, 7) is 8.19. The highest BCUT2D eigenvalue weighted by atomic mass is 16.3. The van der Waals surface area contributed by atoms with Crippen molar-refractivity contribution in [3.8, 4) is 0 Å². The van der Waals surface area contributed by atoms with Gasteiger partial charge in [-0.1, -0.05) is 30.7 Å². The molecule has 2 heteroatoms. The second-order valence-electron chi connectivity index (χ2n) is 5.51. The van der Waals surface area contributed by atoms with Crippen LogP contribution in [0.25, 0.3) is 0 Å². The van der Waals surface area contributed by atoms with Crippen molar-refractivity contribution in [1.82, 2.24) is 0 Å². The lowest BCUT2D eigenvalue weighted by atomic mass is 9.66. The molecule has 1 unspecified atom stereocenters. The van der Waals surface area contributed by atoms with Gasteiger partial charge in [-0.2, -0.15) is 0 Å². The van der Waals surface area contributed by atoms with Crippen LogP contribution in [0.1, 0.15) is 33.1 Å². The van der Waals surface area contributed by atoms with Crippen molar-refractivity contribution >= 4 is 0 Å². The van der Waals surface area contributed by atoms with E-state index < -0.39 is 12.2 Å². The molecule has 0 bridgehead atoms. The minimum atomic E-state index is -0.664. The SMILES string of the molecule is C=C(C)[C@@H]1CCC2=C[C@@H](O)[C@H](O)[C@@H](C)C2C1. The Balaban J connectivity index is 2.18. The second kappa shape index (κ2) is 4.34. The number of hydrogen-bond donors (Lipinski definition) is 2. The zero-order chi connectivity index (χ0) is 11.9. The fourth-order valence-corrected chi connectivity index (χ4v) is 3.18. The fourth-order valence-electron chi connectivity index (χ4n) is 3.18. The average Bonchev–Trinajstić information content (AvgIpc) is 2.25. The Hall–Kier alpha value is -0.600. The van der Waals surface area contributed by atoms with Crippen LogP contribution in [-0.4, -0.2) is 22.4 Å². The molecule has 16 heavy (non-hydrogen) atoms. The number of allylic oxidation sites excluding steroid dienone is 2. The zero-order valence-corrected chi connectivity index (χ0v) is 10.2. The monoisotopic (exact) mass is 222 g/mol. The van der Waals surface area contributed by atoms with Gasteiger partial charge in [0.05, 0.1) is 12.2 Å². The van der Waals surface area contributed by atoms with Gasteiger partial charge >= 0.3 is 0 Å². The van der Waals surface area contributed by atoms with Gasteiger partial charge in [0.2, 0.25) is 0 Å².